The first-order valence-corrected chi connectivity index (χ1v) is 6.26. The molecule has 0 aliphatic heterocycles. The molecule has 0 spiro atoms. The summed E-state index contributed by atoms with van der Waals surface area (Å²) in [7, 11) is 0. The van der Waals surface area contributed by atoms with Crippen LogP contribution in [0.3, 0.4) is 0 Å². The molecule has 0 unspecified atom stereocenters. The smallest absolute Gasteiger partial charge is 0.322 e. The number of ketones is 2. The molecule has 1 aromatic carbocycles. The summed E-state index contributed by atoms with van der Waals surface area (Å²) in [5.74, 6) is -2.41. The van der Waals surface area contributed by atoms with Gasteiger partial charge in [0, 0.05) is 17.2 Å². The van der Waals surface area contributed by atoms with Crippen molar-refractivity contribution in [1.29, 1.82) is 0 Å². The summed E-state index contributed by atoms with van der Waals surface area (Å²) in [5.41, 5.74) is -1.14. The van der Waals surface area contributed by atoms with Crippen LogP contribution in [0.4, 0.5) is 0 Å². The van der Waals surface area contributed by atoms with Gasteiger partial charge in [0.25, 0.3) is 0 Å². The van der Waals surface area contributed by atoms with E-state index in [1.807, 2.05) is 0 Å². The minimum absolute atomic E-state index is 0.155. The molecule has 6 nitrogen and oxygen atoms in total. The number of carbonyl (C=O) groups excluding carboxylic acids is 3. The number of benzene rings is 1. The number of Topliss-reactive ketones (excluding diaryl/α,β-unsaturated/α-hetero) is 1. The lowest BCUT2D eigenvalue weighted by atomic mass is 9.92. The summed E-state index contributed by atoms with van der Waals surface area (Å²) in [5, 5.41) is 18.3. The van der Waals surface area contributed by atoms with Gasteiger partial charge < -0.3 is 14.9 Å². The summed E-state index contributed by atoms with van der Waals surface area (Å²) >= 11 is 0. The Hall–Kier alpha value is -2.31. The first-order chi connectivity index (χ1) is 9.92. The molecule has 110 valence electrons. The van der Waals surface area contributed by atoms with E-state index in [-0.39, 0.29) is 11.1 Å². The van der Waals surface area contributed by atoms with Gasteiger partial charge in [-0.1, -0.05) is 24.3 Å². The van der Waals surface area contributed by atoms with Crippen LogP contribution in [0.25, 0.3) is 0 Å². The fourth-order valence-electron chi connectivity index (χ4n) is 1.77. The minimum Gasteiger partial charge on any atom is -0.422 e. The zero-order chi connectivity index (χ0) is 15.6. The zero-order valence-corrected chi connectivity index (χ0v) is 11.3. The second-order valence-corrected chi connectivity index (χ2v) is 5.01. The van der Waals surface area contributed by atoms with Gasteiger partial charge in [-0.25, -0.2) is 0 Å². The Morgan fingerprint density at radius 2 is 1.71 bits per heavy atom. The van der Waals surface area contributed by atoms with Crippen molar-refractivity contribution in [3.63, 3.8) is 0 Å². The predicted octanol–water partition coefficient (Wildman–Crippen LogP) is 0.484. The maximum Gasteiger partial charge on any atom is 0.322 e. The molecule has 1 aromatic rings. The van der Waals surface area contributed by atoms with Crippen molar-refractivity contribution < 1.29 is 29.3 Å². The second kappa shape index (κ2) is 5.59. The molecule has 0 bridgehead atoms. The van der Waals surface area contributed by atoms with E-state index >= 15 is 0 Å². The molecule has 0 saturated carbocycles. The van der Waals surface area contributed by atoms with Crippen molar-refractivity contribution in [2.24, 2.45) is 5.41 Å². The highest BCUT2D eigenvalue weighted by molar-refractivity contribution is 6.24. The van der Waals surface area contributed by atoms with Gasteiger partial charge in [0.1, 0.15) is 5.41 Å². The third-order valence-corrected chi connectivity index (χ3v) is 3.32. The highest BCUT2D eigenvalue weighted by atomic mass is 16.5. The number of aliphatic hydroxyl groups excluding tert-OH is 2. The number of hydrogen-bond acceptors (Lipinski definition) is 6. The minimum atomic E-state index is -1.54. The quantitative estimate of drug-likeness (QED) is 0.782. The maximum atomic E-state index is 12.2. The summed E-state index contributed by atoms with van der Waals surface area (Å²) in [6.45, 7) is 0.00163. The molecular formula is C15H14O6. The van der Waals surface area contributed by atoms with Crippen LogP contribution in [0, 0.1) is 5.41 Å². The van der Waals surface area contributed by atoms with Gasteiger partial charge in [-0.15, -0.1) is 0 Å². The normalized spacial score (nSPS) is 14.5. The Labute approximate surface area is 120 Å². The van der Waals surface area contributed by atoms with Crippen LogP contribution < -0.4 is 0 Å². The third-order valence-electron chi connectivity index (χ3n) is 3.32. The molecule has 0 saturated heterocycles. The van der Waals surface area contributed by atoms with Crippen LogP contribution in [-0.4, -0.2) is 41.0 Å². The van der Waals surface area contributed by atoms with Gasteiger partial charge in [-0.05, 0) is 6.92 Å². The van der Waals surface area contributed by atoms with E-state index in [1.54, 1.807) is 12.1 Å². The van der Waals surface area contributed by atoms with Crippen molar-refractivity contribution in [2.75, 3.05) is 13.2 Å². The van der Waals surface area contributed by atoms with Gasteiger partial charge in [0.15, 0.2) is 11.5 Å². The molecule has 0 radical (unpaired) electrons. The van der Waals surface area contributed by atoms with E-state index in [4.69, 9.17) is 14.9 Å². The van der Waals surface area contributed by atoms with Crippen molar-refractivity contribution in [3.05, 3.63) is 47.2 Å². The Kier molecular flexibility index (Phi) is 4.02. The molecule has 0 aromatic heterocycles. The fraction of sp³-hybridized carbons (Fsp3) is 0.267. The molecule has 6 heteroatoms. The number of rotatable bonds is 4. The first kappa shape index (κ1) is 15.1. The molecule has 21 heavy (non-hydrogen) atoms. The fourth-order valence-corrected chi connectivity index (χ4v) is 1.77. The Morgan fingerprint density at radius 3 is 2.29 bits per heavy atom. The standard InChI is InChI=1S/C15H14O6/c1-15(7-16,8-17)14(20)21-12-6-11(18)9-4-2-3-5-10(9)13(12)19/h2-6,16-17H,7-8H2,1H3. The Bertz CT molecular complexity index is 639. The highest BCUT2D eigenvalue weighted by Crippen LogP contribution is 2.25. The van der Waals surface area contributed by atoms with Crippen LogP contribution in [0.5, 0.6) is 0 Å². The predicted molar refractivity (Wildman–Crippen MR) is 71.6 cm³/mol. The van der Waals surface area contributed by atoms with E-state index in [1.165, 1.54) is 19.1 Å². The molecular weight excluding hydrogens is 276 g/mol. The summed E-state index contributed by atoms with van der Waals surface area (Å²) in [6, 6.07) is 6.20. The van der Waals surface area contributed by atoms with Crippen LogP contribution in [0.2, 0.25) is 0 Å². The van der Waals surface area contributed by atoms with Crippen molar-refractivity contribution in [2.45, 2.75) is 6.92 Å². The summed E-state index contributed by atoms with van der Waals surface area (Å²) in [6.07, 6.45) is 0.942. The monoisotopic (exact) mass is 290 g/mol. The number of ether oxygens (including phenoxy) is 1. The van der Waals surface area contributed by atoms with Crippen molar-refractivity contribution in [1.82, 2.24) is 0 Å². The summed E-state index contributed by atoms with van der Waals surface area (Å²) < 4.78 is 4.91. The van der Waals surface area contributed by atoms with Crippen molar-refractivity contribution in [3.8, 4) is 0 Å². The molecule has 0 amide bonds. The number of hydrogen-bond donors (Lipinski definition) is 2. The van der Waals surface area contributed by atoms with Gasteiger partial charge in [0.05, 0.1) is 13.2 Å². The van der Waals surface area contributed by atoms with E-state index in [2.05, 4.69) is 0 Å². The number of allylic oxidation sites excluding steroid dienone is 2. The number of esters is 1. The van der Waals surface area contributed by atoms with Gasteiger partial charge in [-0.2, -0.15) is 0 Å². The summed E-state index contributed by atoms with van der Waals surface area (Å²) in [4.78, 5) is 36.0. The largest absolute Gasteiger partial charge is 0.422 e. The van der Waals surface area contributed by atoms with Crippen LogP contribution >= 0.6 is 0 Å². The third kappa shape index (κ3) is 2.63. The maximum absolute atomic E-state index is 12.2. The van der Waals surface area contributed by atoms with Gasteiger partial charge in [-0.3, -0.25) is 14.4 Å². The molecule has 2 rings (SSSR count). The van der Waals surface area contributed by atoms with E-state index < -0.39 is 41.9 Å². The zero-order valence-electron chi connectivity index (χ0n) is 11.3. The van der Waals surface area contributed by atoms with Gasteiger partial charge >= 0.3 is 5.97 Å². The molecule has 1 aliphatic rings. The van der Waals surface area contributed by atoms with E-state index in [9.17, 15) is 14.4 Å². The van der Waals surface area contributed by atoms with E-state index in [0.29, 0.717) is 0 Å². The lowest BCUT2D eigenvalue weighted by molar-refractivity contribution is -0.155. The van der Waals surface area contributed by atoms with Gasteiger partial charge in [0.2, 0.25) is 5.78 Å². The molecule has 0 fully saturated rings. The topological polar surface area (TPSA) is 101 Å². The van der Waals surface area contributed by atoms with Crippen molar-refractivity contribution >= 4 is 17.5 Å². The average Bonchev–Trinajstić information content (AvgIpc) is 2.51. The number of carbonyl (C=O) groups is 3. The Balaban J connectivity index is 2.29. The van der Waals surface area contributed by atoms with Crippen LogP contribution in [-0.2, 0) is 9.53 Å². The molecule has 2 N–H and O–H groups in total. The Morgan fingerprint density at radius 1 is 1.14 bits per heavy atom. The SMILES string of the molecule is CC(CO)(CO)C(=O)OC1=CC(=O)c2ccccc2C1=O. The van der Waals surface area contributed by atoms with E-state index in [0.717, 1.165) is 6.08 Å². The highest BCUT2D eigenvalue weighted by Gasteiger charge is 2.37. The molecule has 0 heterocycles. The average molecular weight is 290 g/mol. The van der Waals surface area contributed by atoms with Crippen LogP contribution in [0.1, 0.15) is 27.6 Å². The lowest BCUT2D eigenvalue weighted by Crippen LogP contribution is -2.38. The first-order valence-electron chi connectivity index (χ1n) is 6.26. The molecule has 1 aliphatic carbocycles. The number of fused-ring (bicyclic) bond motifs is 1. The lowest BCUT2D eigenvalue weighted by Gasteiger charge is -2.23. The second-order valence-electron chi connectivity index (χ2n) is 5.01. The number of aliphatic hydroxyl groups is 2. The van der Waals surface area contributed by atoms with Crippen LogP contribution in [0.15, 0.2) is 36.1 Å². The molecule has 0 atom stereocenters.